The topological polar surface area (TPSA) is 62.5 Å². The molecule has 2 aromatic carbocycles. The lowest BCUT2D eigenvalue weighted by Crippen LogP contribution is -2.23. The lowest BCUT2D eigenvalue weighted by Gasteiger charge is -2.22. The Morgan fingerprint density at radius 1 is 1.04 bits per heavy atom. The van der Waals surface area contributed by atoms with Crippen molar-refractivity contribution >= 4 is 28.8 Å². The minimum absolute atomic E-state index is 0.180. The van der Waals surface area contributed by atoms with Gasteiger partial charge in [0.15, 0.2) is 0 Å². The Morgan fingerprint density at radius 3 is 2.57 bits per heavy atom. The quantitative estimate of drug-likeness (QED) is 0.548. The highest BCUT2D eigenvalue weighted by molar-refractivity contribution is 5.84. The number of aromatic nitrogens is 2. The van der Waals surface area contributed by atoms with Crippen LogP contribution in [0.3, 0.4) is 0 Å². The number of amides is 1. The molecule has 0 bridgehead atoms. The van der Waals surface area contributed by atoms with Gasteiger partial charge >= 0.3 is 0 Å². The number of nitrogens with one attached hydrogen (secondary N) is 1. The highest BCUT2D eigenvalue weighted by Gasteiger charge is 2.09. The van der Waals surface area contributed by atoms with Crippen molar-refractivity contribution in [2.24, 2.45) is 5.10 Å². The van der Waals surface area contributed by atoms with Gasteiger partial charge in [0.05, 0.1) is 23.6 Å². The molecule has 0 atom stereocenters. The number of rotatable bonds is 5. The zero-order valence-corrected chi connectivity index (χ0v) is 15.9. The highest BCUT2D eigenvalue weighted by Crippen LogP contribution is 2.19. The average Bonchev–Trinajstić information content (AvgIpc) is 2.93. The summed E-state index contributed by atoms with van der Waals surface area (Å²) in [5.74, 6) is -0.180. The number of para-hydroxylation sites is 2. The predicted octanol–water partition coefficient (Wildman–Crippen LogP) is 3.57. The first-order valence-corrected chi connectivity index (χ1v) is 9.86. The molecule has 3 aromatic rings. The van der Waals surface area contributed by atoms with Crippen molar-refractivity contribution in [2.75, 3.05) is 18.0 Å². The summed E-state index contributed by atoms with van der Waals surface area (Å²) < 4.78 is 1.82. The second-order valence-corrected chi connectivity index (χ2v) is 7.15. The van der Waals surface area contributed by atoms with E-state index in [0.29, 0.717) is 0 Å². The molecule has 6 nitrogen and oxygen atoms in total. The monoisotopic (exact) mass is 375 g/mol. The van der Waals surface area contributed by atoms with E-state index >= 15 is 0 Å². The molecule has 0 unspecified atom stereocenters. The Kier molecular flexibility index (Phi) is 5.66. The van der Waals surface area contributed by atoms with Crippen LogP contribution in [-0.4, -0.2) is 34.8 Å². The maximum Gasteiger partial charge on any atom is 0.260 e. The third-order valence-corrected chi connectivity index (χ3v) is 5.11. The van der Waals surface area contributed by atoms with Crippen LogP contribution >= 0.6 is 0 Å². The standard InChI is InChI=1S/C22H25N5O/c28-22(16-27-17-23-20-7-3-4-8-21(20)27)25-24-15-18-9-11-19(12-10-18)26-13-5-1-2-6-14-26/h3-4,7-12,15,17H,1-2,5-6,13-14,16H2,(H,25,28)/b24-15-. The Bertz CT molecular complexity index is 952. The molecule has 28 heavy (non-hydrogen) atoms. The smallest absolute Gasteiger partial charge is 0.260 e. The van der Waals surface area contributed by atoms with E-state index < -0.39 is 0 Å². The maximum atomic E-state index is 12.2. The molecule has 0 saturated carbocycles. The first-order valence-electron chi connectivity index (χ1n) is 9.86. The van der Waals surface area contributed by atoms with Crippen LogP contribution in [0, 0.1) is 0 Å². The Labute approximate surface area is 164 Å². The zero-order valence-electron chi connectivity index (χ0n) is 15.9. The Hall–Kier alpha value is -3.15. The molecule has 1 fully saturated rings. The summed E-state index contributed by atoms with van der Waals surface area (Å²) in [6.45, 7) is 2.45. The minimum atomic E-state index is -0.180. The summed E-state index contributed by atoms with van der Waals surface area (Å²) in [5.41, 5.74) is 6.63. The van der Waals surface area contributed by atoms with Gasteiger partial charge in [0.1, 0.15) is 6.54 Å². The summed E-state index contributed by atoms with van der Waals surface area (Å²) in [6, 6.07) is 16.1. The molecular formula is C22H25N5O. The second kappa shape index (κ2) is 8.69. The lowest BCUT2D eigenvalue weighted by molar-refractivity contribution is -0.121. The molecule has 2 heterocycles. The van der Waals surface area contributed by atoms with E-state index in [9.17, 15) is 4.79 Å². The number of hydrazone groups is 1. The number of nitrogens with zero attached hydrogens (tertiary/aromatic N) is 4. The molecule has 1 saturated heterocycles. The lowest BCUT2D eigenvalue weighted by atomic mass is 10.2. The van der Waals surface area contributed by atoms with Crippen LogP contribution in [0.15, 0.2) is 60.0 Å². The number of fused-ring (bicyclic) bond motifs is 1. The van der Waals surface area contributed by atoms with Gasteiger partial charge in [-0.2, -0.15) is 5.10 Å². The number of benzene rings is 2. The molecule has 6 heteroatoms. The van der Waals surface area contributed by atoms with Gasteiger partial charge in [-0.15, -0.1) is 0 Å². The van der Waals surface area contributed by atoms with Crippen LogP contribution in [0.1, 0.15) is 31.2 Å². The van der Waals surface area contributed by atoms with E-state index in [0.717, 1.165) is 29.7 Å². The fourth-order valence-electron chi connectivity index (χ4n) is 3.61. The zero-order chi connectivity index (χ0) is 19.2. The summed E-state index contributed by atoms with van der Waals surface area (Å²) >= 11 is 0. The van der Waals surface area contributed by atoms with E-state index in [1.165, 1.54) is 31.4 Å². The number of anilines is 1. The number of carbonyl (C=O) groups is 1. The van der Waals surface area contributed by atoms with E-state index in [-0.39, 0.29) is 12.5 Å². The third kappa shape index (κ3) is 4.39. The first-order chi connectivity index (χ1) is 13.8. The summed E-state index contributed by atoms with van der Waals surface area (Å²) in [4.78, 5) is 18.9. The van der Waals surface area contributed by atoms with Crippen molar-refractivity contribution in [3.05, 3.63) is 60.4 Å². The molecule has 0 spiro atoms. The second-order valence-electron chi connectivity index (χ2n) is 7.15. The summed E-state index contributed by atoms with van der Waals surface area (Å²) in [5, 5.41) is 4.09. The molecule has 0 radical (unpaired) electrons. The summed E-state index contributed by atoms with van der Waals surface area (Å²) in [6.07, 6.45) is 8.54. The maximum absolute atomic E-state index is 12.2. The largest absolute Gasteiger partial charge is 0.372 e. The van der Waals surface area contributed by atoms with E-state index in [1.807, 2.05) is 41.0 Å². The Morgan fingerprint density at radius 2 is 1.79 bits per heavy atom. The van der Waals surface area contributed by atoms with Crippen LogP contribution in [0.4, 0.5) is 5.69 Å². The van der Waals surface area contributed by atoms with Gasteiger partial charge in [0.2, 0.25) is 0 Å². The SMILES string of the molecule is O=C(Cn1cnc2ccccc21)N/N=C\c1ccc(N2CCCCCC2)cc1. The highest BCUT2D eigenvalue weighted by atomic mass is 16.2. The molecule has 0 aliphatic carbocycles. The molecule has 1 aliphatic rings. The number of imidazole rings is 1. The molecular weight excluding hydrogens is 350 g/mol. The van der Waals surface area contributed by atoms with Crippen LogP contribution < -0.4 is 10.3 Å². The van der Waals surface area contributed by atoms with Gasteiger partial charge < -0.3 is 9.47 Å². The van der Waals surface area contributed by atoms with E-state index in [1.54, 1.807) is 12.5 Å². The molecule has 1 aliphatic heterocycles. The number of carbonyl (C=O) groups excluding carboxylic acids is 1. The molecule has 1 aromatic heterocycles. The Balaban J connectivity index is 1.32. The molecule has 144 valence electrons. The third-order valence-electron chi connectivity index (χ3n) is 5.11. The van der Waals surface area contributed by atoms with Gasteiger partial charge in [-0.25, -0.2) is 10.4 Å². The molecule has 4 rings (SSSR count). The molecule has 1 N–H and O–H groups in total. The first kappa shape index (κ1) is 18.2. The van der Waals surface area contributed by atoms with Crippen LogP contribution in [-0.2, 0) is 11.3 Å². The van der Waals surface area contributed by atoms with Crippen molar-refractivity contribution in [3.8, 4) is 0 Å². The normalized spacial score (nSPS) is 15.1. The van der Waals surface area contributed by atoms with Gasteiger partial charge in [-0.1, -0.05) is 37.1 Å². The van der Waals surface area contributed by atoms with Gasteiger partial charge in [0.25, 0.3) is 5.91 Å². The minimum Gasteiger partial charge on any atom is -0.372 e. The predicted molar refractivity (Wildman–Crippen MR) is 113 cm³/mol. The fraction of sp³-hybridized carbons (Fsp3) is 0.318. The molecule has 1 amide bonds. The van der Waals surface area contributed by atoms with E-state index in [2.05, 4.69) is 32.5 Å². The van der Waals surface area contributed by atoms with Gasteiger partial charge in [0, 0.05) is 18.8 Å². The van der Waals surface area contributed by atoms with Crippen molar-refractivity contribution < 1.29 is 4.79 Å². The van der Waals surface area contributed by atoms with Crippen LogP contribution in [0.25, 0.3) is 11.0 Å². The summed E-state index contributed by atoms with van der Waals surface area (Å²) in [7, 11) is 0. The van der Waals surface area contributed by atoms with Crippen molar-refractivity contribution in [3.63, 3.8) is 0 Å². The van der Waals surface area contributed by atoms with Crippen LogP contribution in [0.5, 0.6) is 0 Å². The number of hydrogen-bond acceptors (Lipinski definition) is 4. The van der Waals surface area contributed by atoms with Gasteiger partial charge in [-0.3, -0.25) is 4.79 Å². The van der Waals surface area contributed by atoms with Crippen molar-refractivity contribution in [1.82, 2.24) is 15.0 Å². The number of hydrogen-bond donors (Lipinski definition) is 1. The fourth-order valence-corrected chi connectivity index (χ4v) is 3.61. The van der Waals surface area contributed by atoms with Crippen molar-refractivity contribution in [2.45, 2.75) is 32.2 Å². The van der Waals surface area contributed by atoms with Crippen molar-refractivity contribution in [1.29, 1.82) is 0 Å². The van der Waals surface area contributed by atoms with Crippen LogP contribution in [0.2, 0.25) is 0 Å². The van der Waals surface area contributed by atoms with Gasteiger partial charge in [-0.05, 0) is 42.7 Å². The van der Waals surface area contributed by atoms with E-state index in [4.69, 9.17) is 0 Å². The average molecular weight is 375 g/mol.